The number of halogens is 1. The molecule has 0 amide bonds. The number of fused-ring (bicyclic) bond motifs is 1. The summed E-state index contributed by atoms with van der Waals surface area (Å²) in [5.41, 5.74) is 3.10. The van der Waals surface area contributed by atoms with E-state index in [0.717, 1.165) is 28.2 Å². The highest BCUT2D eigenvalue weighted by Crippen LogP contribution is 2.32. The average molecular weight is 395 g/mol. The van der Waals surface area contributed by atoms with Crippen LogP contribution in [0.2, 0.25) is 0 Å². The summed E-state index contributed by atoms with van der Waals surface area (Å²) in [6, 6.07) is 18.0. The number of nitrogens with one attached hydrogen (secondary N) is 1. The number of rotatable bonds is 8. The highest BCUT2D eigenvalue weighted by atomic mass is 19.1. The summed E-state index contributed by atoms with van der Waals surface area (Å²) in [6.45, 7) is 2.02. The van der Waals surface area contributed by atoms with E-state index in [9.17, 15) is 4.39 Å². The normalized spacial score (nSPS) is 12.1. The molecule has 0 atom stereocenters. The lowest BCUT2D eigenvalue weighted by atomic mass is 10.1. The molecule has 3 aromatic rings. The van der Waals surface area contributed by atoms with Crippen molar-refractivity contribution in [3.8, 4) is 23.0 Å². The molecule has 0 unspecified atom stereocenters. The SMILES string of the molecule is COc1cc(CNCc2ccc3c(c2)OCO3)ccc1OCc1ccc(F)cc1. The second-order valence-corrected chi connectivity index (χ2v) is 6.69. The van der Waals surface area contributed by atoms with Gasteiger partial charge in [0.05, 0.1) is 7.11 Å². The van der Waals surface area contributed by atoms with Gasteiger partial charge in [-0.15, -0.1) is 0 Å². The molecule has 0 fully saturated rings. The summed E-state index contributed by atoms with van der Waals surface area (Å²) in [4.78, 5) is 0. The van der Waals surface area contributed by atoms with Crippen LogP contribution in [-0.2, 0) is 19.7 Å². The third-order valence-electron chi connectivity index (χ3n) is 4.63. The van der Waals surface area contributed by atoms with E-state index in [0.29, 0.717) is 31.2 Å². The van der Waals surface area contributed by atoms with Crippen molar-refractivity contribution in [1.82, 2.24) is 5.32 Å². The number of methoxy groups -OCH3 is 1. The standard InChI is InChI=1S/C23H22FNO4/c1-26-22-10-17(4-8-20(22)27-14-16-2-6-19(24)7-3-16)12-25-13-18-5-9-21-23(11-18)29-15-28-21/h2-11,25H,12-15H2,1H3. The van der Waals surface area contributed by atoms with Crippen LogP contribution in [0.4, 0.5) is 4.39 Å². The Labute approximate surface area is 169 Å². The molecule has 5 nitrogen and oxygen atoms in total. The Bertz CT molecular complexity index is 975. The smallest absolute Gasteiger partial charge is 0.231 e. The van der Waals surface area contributed by atoms with Crippen LogP contribution in [0.5, 0.6) is 23.0 Å². The van der Waals surface area contributed by atoms with Gasteiger partial charge in [0.2, 0.25) is 6.79 Å². The Morgan fingerprint density at radius 3 is 2.31 bits per heavy atom. The van der Waals surface area contributed by atoms with Crippen LogP contribution < -0.4 is 24.3 Å². The van der Waals surface area contributed by atoms with Gasteiger partial charge in [0.15, 0.2) is 23.0 Å². The monoisotopic (exact) mass is 395 g/mol. The lowest BCUT2D eigenvalue weighted by molar-refractivity contribution is 0.174. The fourth-order valence-corrected chi connectivity index (χ4v) is 3.09. The summed E-state index contributed by atoms with van der Waals surface area (Å²) in [7, 11) is 1.61. The fourth-order valence-electron chi connectivity index (χ4n) is 3.09. The number of hydrogen-bond donors (Lipinski definition) is 1. The molecule has 1 N–H and O–H groups in total. The average Bonchev–Trinajstić information content (AvgIpc) is 3.22. The third-order valence-corrected chi connectivity index (χ3v) is 4.63. The summed E-state index contributed by atoms with van der Waals surface area (Å²) in [6.07, 6.45) is 0. The highest BCUT2D eigenvalue weighted by molar-refractivity contribution is 5.45. The Morgan fingerprint density at radius 2 is 1.52 bits per heavy atom. The van der Waals surface area contributed by atoms with Gasteiger partial charge in [-0.1, -0.05) is 24.3 Å². The third kappa shape index (κ3) is 4.78. The number of hydrogen-bond acceptors (Lipinski definition) is 5. The van der Waals surface area contributed by atoms with E-state index in [1.165, 1.54) is 12.1 Å². The summed E-state index contributed by atoms with van der Waals surface area (Å²) >= 11 is 0. The summed E-state index contributed by atoms with van der Waals surface area (Å²) < 4.78 is 35.0. The Kier molecular flexibility index (Phi) is 5.81. The van der Waals surface area contributed by atoms with E-state index in [4.69, 9.17) is 18.9 Å². The summed E-state index contributed by atoms with van der Waals surface area (Å²) in [5.74, 6) is 2.62. The van der Waals surface area contributed by atoms with E-state index in [1.54, 1.807) is 19.2 Å². The Balaban J connectivity index is 1.33. The van der Waals surface area contributed by atoms with Crippen LogP contribution in [0.1, 0.15) is 16.7 Å². The second kappa shape index (κ2) is 8.84. The lowest BCUT2D eigenvalue weighted by Gasteiger charge is -2.13. The maximum Gasteiger partial charge on any atom is 0.231 e. The topological polar surface area (TPSA) is 49.0 Å². The van der Waals surface area contributed by atoms with Gasteiger partial charge in [0, 0.05) is 13.1 Å². The predicted molar refractivity (Wildman–Crippen MR) is 107 cm³/mol. The molecule has 0 radical (unpaired) electrons. The van der Waals surface area contributed by atoms with Crippen molar-refractivity contribution in [3.63, 3.8) is 0 Å². The van der Waals surface area contributed by atoms with Gasteiger partial charge in [-0.05, 0) is 53.1 Å². The first-order valence-corrected chi connectivity index (χ1v) is 9.34. The molecule has 0 bridgehead atoms. The van der Waals surface area contributed by atoms with Crippen molar-refractivity contribution in [2.24, 2.45) is 0 Å². The van der Waals surface area contributed by atoms with Crippen molar-refractivity contribution in [2.45, 2.75) is 19.7 Å². The van der Waals surface area contributed by atoms with Crippen molar-refractivity contribution >= 4 is 0 Å². The fraction of sp³-hybridized carbons (Fsp3) is 0.217. The summed E-state index contributed by atoms with van der Waals surface area (Å²) in [5, 5.41) is 3.41. The van der Waals surface area contributed by atoms with Crippen molar-refractivity contribution < 1.29 is 23.3 Å². The first-order chi connectivity index (χ1) is 14.2. The highest BCUT2D eigenvalue weighted by Gasteiger charge is 2.13. The van der Waals surface area contributed by atoms with Gasteiger partial charge in [0.1, 0.15) is 12.4 Å². The van der Waals surface area contributed by atoms with E-state index < -0.39 is 0 Å². The molecule has 0 aliphatic carbocycles. The zero-order valence-corrected chi connectivity index (χ0v) is 16.1. The van der Waals surface area contributed by atoms with Crippen LogP contribution in [0.15, 0.2) is 60.7 Å². The molecule has 150 valence electrons. The van der Waals surface area contributed by atoms with Crippen LogP contribution in [0.3, 0.4) is 0 Å². The van der Waals surface area contributed by atoms with Crippen LogP contribution in [-0.4, -0.2) is 13.9 Å². The minimum atomic E-state index is -0.260. The molecule has 0 saturated heterocycles. The van der Waals surface area contributed by atoms with Gasteiger partial charge in [-0.3, -0.25) is 0 Å². The quantitative estimate of drug-likeness (QED) is 0.611. The predicted octanol–water partition coefficient (Wildman–Crippen LogP) is 4.43. The number of ether oxygens (including phenoxy) is 4. The maximum atomic E-state index is 13.0. The van der Waals surface area contributed by atoms with Gasteiger partial charge in [-0.2, -0.15) is 0 Å². The Hall–Kier alpha value is -3.25. The van der Waals surface area contributed by atoms with E-state index in [-0.39, 0.29) is 12.6 Å². The van der Waals surface area contributed by atoms with E-state index >= 15 is 0 Å². The molecule has 0 spiro atoms. The molecule has 6 heteroatoms. The lowest BCUT2D eigenvalue weighted by Crippen LogP contribution is -2.12. The molecule has 0 saturated carbocycles. The number of benzene rings is 3. The van der Waals surface area contributed by atoms with E-state index in [1.807, 2.05) is 36.4 Å². The van der Waals surface area contributed by atoms with Crippen LogP contribution in [0.25, 0.3) is 0 Å². The first kappa shape index (κ1) is 19.1. The minimum absolute atomic E-state index is 0.260. The molecule has 29 heavy (non-hydrogen) atoms. The van der Waals surface area contributed by atoms with Crippen molar-refractivity contribution in [2.75, 3.05) is 13.9 Å². The van der Waals surface area contributed by atoms with Crippen molar-refractivity contribution in [1.29, 1.82) is 0 Å². The van der Waals surface area contributed by atoms with Crippen molar-refractivity contribution in [3.05, 3.63) is 83.2 Å². The molecule has 4 rings (SSSR count). The molecule has 1 aliphatic rings. The first-order valence-electron chi connectivity index (χ1n) is 9.34. The van der Waals surface area contributed by atoms with Crippen LogP contribution in [0, 0.1) is 5.82 Å². The Morgan fingerprint density at radius 1 is 0.828 bits per heavy atom. The van der Waals surface area contributed by atoms with Crippen LogP contribution >= 0.6 is 0 Å². The molecular weight excluding hydrogens is 373 g/mol. The zero-order valence-electron chi connectivity index (χ0n) is 16.1. The maximum absolute atomic E-state index is 13.0. The molecule has 1 aliphatic heterocycles. The zero-order chi connectivity index (χ0) is 20.1. The largest absolute Gasteiger partial charge is 0.493 e. The molecular formula is C23H22FNO4. The van der Waals surface area contributed by atoms with E-state index in [2.05, 4.69) is 5.32 Å². The minimum Gasteiger partial charge on any atom is -0.493 e. The molecule has 3 aromatic carbocycles. The van der Waals surface area contributed by atoms with Gasteiger partial charge < -0.3 is 24.3 Å². The molecule has 0 aromatic heterocycles. The van der Waals surface area contributed by atoms with Gasteiger partial charge in [-0.25, -0.2) is 4.39 Å². The van der Waals surface area contributed by atoms with Gasteiger partial charge in [0.25, 0.3) is 0 Å². The second-order valence-electron chi connectivity index (χ2n) is 6.69. The van der Waals surface area contributed by atoms with Gasteiger partial charge >= 0.3 is 0 Å². The molecule has 1 heterocycles.